The number of alkyl halides is 3. The smallest absolute Gasteiger partial charge is 0.389 e. The van der Waals surface area contributed by atoms with Crippen molar-refractivity contribution in [3.63, 3.8) is 0 Å². The third-order valence-electron chi connectivity index (χ3n) is 2.43. The number of hydrogen-bond acceptors (Lipinski definition) is 2. The van der Waals surface area contributed by atoms with Gasteiger partial charge in [0.1, 0.15) is 5.75 Å². The summed E-state index contributed by atoms with van der Waals surface area (Å²) < 4.78 is 36.1. The second-order valence-corrected chi connectivity index (χ2v) is 4.36. The lowest BCUT2D eigenvalue weighted by Crippen LogP contribution is -2.16. The Morgan fingerprint density at radius 2 is 2.00 bits per heavy atom. The lowest BCUT2D eigenvalue weighted by atomic mass is 9.99. The standard InChI is InChI=1S/C11H13ClF3NO/c1-6-4-7(12)5-8(10(6)17)9(16)2-3-11(13,14)15/h4-5,9,17H,2-3,16H2,1H3/t9-/m0/s1. The first kappa shape index (κ1) is 14.1. The molecule has 0 fully saturated rings. The van der Waals surface area contributed by atoms with Crippen LogP contribution in [0.25, 0.3) is 0 Å². The van der Waals surface area contributed by atoms with Gasteiger partial charge in [0, 0.05) is 23.0 Å². The van der Waals surface area contributed by atoms with Crippen LogP contribution >= 0.6 is 11.6 Å². The summed E-state index contributed by atoms with van der Waals surface area (Å²) in [5, 5.41) is 10.0. The molecule has 0 spiro atoms. The number of phenolic OH excluding ortho intramolecular Hbond substituents is 1. The van der Waals surface area contributed by atoms with Gasteiger partial charge in [-0.05, 0) is 31.0 Å². The molecule has 2 nitrogen and oxygen atoms in total. The lowest BCUT2D eigenvalue weighted by Gasteiger charge is -2.16. The van der Waals surface area contributed by atoms with Gasteiger partial charge in [-0.3, -0.25) is 0 Å². The molecule has 0 aliphatic rings. The first-order valence-electron chi connectivity index (χ1n) is 5.02. The molecule has 0 saturated heterocycles. The second-order valence-electron chi connectivity index (χ2n) is 3.92. The fourth-order valence-electron chi connectivity index (χ4n) is 1.52. The Labute approximate surface area is 102 Å². The molecule has 0 heterocycles. The SMILES string of the molecule is Cc1cc(Cl)cc([C@@H](N)CCC(F)(F)F)c1O. The van der Waals surface area contributed by atoms with Crippen molar-refractivity contribution in [2.75, 3.05) is 0 Å². The lowest BCUT2D eigenvalue weighted by molar-refractivity contribution is -0.136. The fourth-order valence-corrected chi connectivity index (χ4v) is 1.80. The summed E-state index contributed by atoms with van der Waals surface area (Å²) in [6, 6.07) is 2.04. The molecule has 1 aromatic carbocycles. The second kappa shape index (κ2) is 5.14. The normalized spacial score (nSPS) is 13.8. The topological polar surface area (TPSA) is 46.2 Å². The third-order valence-corrected chi connectivity index (χ3v) is 2.65. The molecule has 0 saturated carbocycles. The highest BCUT2D eigenvalue weighted by molar-refractivity contribution is 6.30. The molecule has 0 radical (unpaired) electrons. The molecule has 0 unspecified atom stereocenters. The van der Waals surface area contributed by atoms with E-state index in [1.165, 1.54) is 12.1 Å². The van der Waals surface area contributed by atoms with Gasteiger partial charge >= 0.3 is 6.18 Å². The van der Waals surface area contributed by atoms with Crippen LogP contribution in [0.4, 0.5) is 13.2 Å². The summed E-state index contributed by atoms with van der Waals surface area (Å²) in [5.41, 5.74) is 6.37. The number of phenols is 1. The third kappa shape index (κ3) is 4.09. The molecule has 6 heteroatoms. The van der Waals surface area contributed by atoms with Gasteiger partial charge in [0.05, 0.1) is 0 Å². The molecule has 1 atom stereocenters. The van der Waals surface area contributed by atoms with Crippen molar-refractivity contribution < 1.29 is 18.3 Å². The van der Waals surface area contributed by atoms with E-state index < -0.39 is 18.6 Å². The van der Waals surface area contributed by atoms with Crippen LogP contribution in [0.2, 0.25) is 5.02 Å². The van der Waals surface area contributed by atoms with E-state index in [1.54, 1.807) is 6.92 Å². The highest BCUT2D eigenvalue weighted by Gasteiger charge is 2.28. The fraction of sp³-hybridized carbons (Fsp3) is 0.455. The predicted octanol–water partition coefficient (Wildman–Crippen LogP) is 3.70. The summed E-state index contributed by atoms with van der Waals surface area (Å²) in [5.74, 6) is -0.0934. The molecule has 0 amide bonds. The number of aromatic hydroxyl groups is 1. The van der Waals surface area contributed by atoms with Crippen LogP contribution in [0.3, 0.4) is 0 Å². The minimum atomic E-state index is -4.25. The zero-order valence-electron chi connectivity index (χ0n) is 9.18. The number of rotatable bonds is 3. The van der Waals surface area contributed by atoms with Crippen molar-refractivity contribution in [2.45, 2.75) is 32.0 Å². The molecule has 1 rings (SSSR count). The molecular formula is C11H13ClF3NO. The maximum atomic E-state index is 12.0. The first-order valence-corrected chi connectivity index (χ1v) is 5.40. The van der Waals surface area contributed by atoms with Gasteiger partial charge < -0.3 is 10.8 Å². The van der Waals surface area contributed by atoms with Crippen LogP contribution < -0.4 is 5.73 Å². The minimum Gasteiger partial charge on any atom is -0.507 e. The Kier molecular flexibility index (Phi) is 4.27. The van der Waals surface area contributed by atoms with Gasteiger partial charge in [-0.1, -0.05) is 11.6 Å². The summed E-state index contributed by atoms with van der Waals surface area (Å²) in [4.78, 5) is 0. The number of aryl methyl sites for hydroxylation is 1. The first-order chi connectivity index (χ1) is 7.70. The maximum Gasteiger partial charge on any atom is 0.389 e. The Balaban J connectivity index is 2.85. The molecule has 3 N–H and O–H groups in total. The molecule has 1 aromatic rings. The Morgan fingerprint density at radius 1 is 1.41 bits per heavy atom. The molecular weight excluding hydrogens is 255 g/mol. The zero-order chi connectivity index (χ0) is 13.2. The molecule has 96 valence electrons. The largest absolute Gasteiger partial charge is 0.507 e. The minimum absolute atomic E-state index is 0.0934. The van der Waals surface area contributed by atoms with Gasteiger partial charge in [-0.25, -0.2) is 0 Å². The Hall–Kier alpha value is -0.940. The summed E-state index contributed by atoms with van der Waals surface area (Å²) in [6.07, 6.45) is -5.52. The van der Waals surface area contributed by atoms with E-state index in [0.29, 0.717) is 10.6 Å². The van der Waals surface area contributed by atoms with Gasteiger partial charge in [0.15, 0.2) is 0 Å². The van der Waals surface area contributed by atoms with Crippen LogP contribution in [0.5, 0.6) is 5.75 Å². The average Bonchev–Trinajstić information content (AvgIpc) is 2.19. The molecule has 0 aliphatic carbocycles. The van der Waals surface area contributed by atoms with Gasteiger partial charge in [-0.2, -0.15) is 13.2 Å². The Morgan fingerprint density at radius 3 is 2.53 bits per heavy atom. The van der Waals surface area contributed by atoms with Crippen molar-refractivity contribution >= 4 is 11.6 Å². The molecule has 0 bridgehead atoms. The predicted molar refractivity (Wildman–Crippen MR) is 60.1 cm³/mol. The van der Waals surface area contributed by atoms with E-state index in [2.05, 4.69) is 0 Å². The number of benzene rings is 1. The number of hydrogen-bond donors (Lipinski definition) is 2. The summed E-state index contributed by atoms with van der Waals surface area (Å²) in [7, 11) is 0. The number of halogens is 4. The molecule has 0 aliphatic heterocycles. The summed E-state index contributed by atoms with van der Waals surface area (Å²) >= 11 is 5.77. The van der Waals surface area contributed by atoms with E-state index in [9.17, 15) is 18.3 Å². The van der Waals surface area contributed by atoms with E-state index >= 15 is 0 Å². The molecule has 17 heavy (non-hydrogen) atoms. The van der Waals surface area contributed by atoms with E-state index in [-0.39, 0.29) is 17.7 Å². The van der Waals surface area contributed by atoms with E-state index in [0.717, 1.165) is 0 Å². The van der Waals surface area contributed by atoms with Crippen molar-refractivity contribution in [2.24, 2.45) is 5.73 Å². The monoisotopic (exact) mass is 267 g/mol. The number of nitrogens with two attached hydrogens (primary N) is 1. The van der Waals surface area contributed by atoms with Crippen LogP contribution in [0, 0.1) is 6.92 Å². The van der Waals surface area contributed by atoms with Crippen molar-refractivity contribution in [3.05, 3.63) is 28.3 Å². The van der Waals surface area contributed by atoms with Gasteiger partial charge in [0.25, 0.3) is 0 Å². The van der Waals surface area contributed by atoms with Crippen LogP contribution in [0.15, 0.2) is 12.1 Å². The van der Waals surface area contributed by atoms with Crippen molar-refractivity contribution in [3.8, 4) is 5.75 Å². The summed E-state index contributed by atoms with van der Waals surface area (Å²) in [6.45, 7) is 1.61. The zero-order valence-corrected chi connectivity index (χ0v) is 9.94. The molecule has 0 aromatic heterocycles. The van der Waals surface area contributed by atoms with Crippen molar-refractivity contribution in [1.82, 2.24) is 0 Å². The van der Waals surface area contributed by atoms with Crippen LogP contribution in [-0.4, -0.2) is 11.3 Å². The van der Waals surface area contributed by atoms with Gasteiger partial charge in [0.2, 0.25) is 0 Å². The maximum absolute atomic E-state index is 12.0. The van der Waals surface area contributed by atoms with Gasteiger partial charge in [-0.15, -0.1) is 0 Å². The van der Waals surface area contributed by atoms with E-state index in [1.807, 2.05) is 0 Å². The van der Waals surface area contributed by atoms with Crippen molar-refractivity contribution in [1.29, 1.82) is 0 Å². The Bertz CT molecular complexity index is 406. The van der Waals surface area contributed by atoms with E-state index in [4.69, 9.17) is 17.3 Å². The highest BCUT2D eigenvalue weighted by atomic mass is 35.5. The van der Waals surface area contributed by atoms with Crippen LogP contribution in [-0.2, 0) is 0 Å². The average molecular weight is 268 g/mol. The quantitative estimate of drug-likeness (QED) is 0.877. The van der Waals surface area contributed by atoms with Crippen LogP contribution in [0.1, 0.15) is 30.0 Å². The highest BCUT2D eigenvalue weighted by Crippen LogP contribution is 2.34.